The van der Waals surface area contributed by atoms with Crippen molar-refractivity contribution in [3.05, 3.63) is 40.4 Å². The van der Waals surface area contributed by atoms with E-state index in [1.807, 2.05) is 39.8 Å². The lowest BCUT2D eigenvalue weighted by molar-refractivity contribution is -0.127. The van der Waals surface area contributed by atoms with Gasteiger partial charge in [-0.3, -0.25) is 14.4 Å². The number of primary amides is 1. The van der Waals surface area contributed by atoms with Crippen LogP contribution in [0.15, 0.2) is 24.3 Å². The molecule has 0 aliphatic carbocycles. The molecule has 174 valence electrons. The molecule has 0 aliphatic rings. The molecule has 32 heavy (non-hydrogen) atoms. The number of rotatable bonds is 9. The molecular weight excluding hydrogens is 430 g/mol. The maximum absolute atomic E-state index is 13.6. The lowest BCUT2D eigenvalue weighted by atomic mass is 10.0. The van der Waals surface area contributed by atoms with Gasteiger partial charge in [-0.15, -0.1) is 0 Å². The third kappa shape index (κ3) is 6.19. The molecule has 0 unspecified atom stereocenters. The lowest BCUT2D eigenvalue weighted by Crippen LogP contribution is -2.53. The molecule has 10 heteroatoms. The normalized spacial score (nSPS) is 12.2. The number of carbonyl (C=O) groups is 3. The van der Waals surface area contributed by atoms with E-state index in [1.54, 1.807) is 19.2 Å². The Kier molecular flexibility index (Phi) is 8.20. The van der Waals surface area contributed by atoms with Crippen LogP contribution in [-0.2, 0) is 11.3 Å². The summed E-state index contributed by atoms with van der Waals surface area (Å²) in [5.74, 6) is -0.875. The molecule has 3 amide bonds. The number of nitrogen functional groups attached to an aromatic ring is 1. The summed E-state index contributed by atoms with van der Waals surface area (Å²) in [6, 6.07) is 6.48. The van der Waals surface area contributed by atoms with Crippen molar-refractivity contribution in [3.63, 3.8) is 0 Å². The number of nitrogens with one attached hydrogen (secondary N) is 1. The summed E-state index contributed by atoms with van der Waals surface area (Å²) >= 11 is 0.799. The van der Waals surface area contributed by atoms with Crippen LogP contribution in [0, 0.1) is 0 Å². The summed E-state index contributed by atoms with van der Waals surface area (Å²) in [6.07, 6.45) is 1.13. The Morgan fingerprint density at radius 3 is 2.31 bits per heavy atom. The van der Waals surface area contributed by atoms with Gasteiger partial charge in [-0.1, -0.05) is 25.5 Å². The first-order valence-electron chi connectivity index (χ1n) is 10.3. The summed E-state index contributed by atoms with van der Waals surface area (Å²) in [5, 5.41) is 2.96. The minimum atomic E-state index is -0.810. The highest BCUT2D eigenvalue weighted by atomic mass is 32.1. The largest absolute Gasteiger partial charge is 0.497 e. The molecule has 1 heterocycles. The zero-order chi connectivity index (χ0) is 24.1. The van der Waals surface area contributed by atoms with Crippen LogP contribution >= 0.6 is 11.5 Å². The smallest absolute Gasteiger partial charge is 0.270 e. The number of ether oxygens (including phenoxy) is 1. The van der Waals surface area contributed by atoms with E-state index in [9.17, 15) is 14.4 Å². The standard InChI is InChI=1S/C22H31N5O4S/c1-6-7-15(20(29)25-22(2,3)4)27(12-13-8-10-14(31-5)11-9-13)21(30)18-16(23)17(19(24)28)26-32-18/h8-11,15H,6-7,12,23H2,1-5H3,(H2,24,28)(H,25,29)/t15-/m1/s1. The zero-order valence-electron chi connectivity index (χ0n) is 19.1. The topological polar surface area (TPSA) is 141 Å². The van der Waals surface area contributed by atoms with Gasteiger partial charge in [0, 0.05) is 12.1 Å². The fourth-order valence-electron chi connectivity index (χ4n) is 3.17. The summed E-state index contributed by atoms with van der Waals surface area (Å²) in [5.41, 5.74) is 11.4. The number of nitrogens with two attached hydrogens (primary N) is 2. The van der Waals surface area contributed by atoms with Crippen molar-refractivity contribution in [2.45, 2.75) is 58.7 Å². The van der Waals surface area contributed by atoms with Gasteiger partial charge in [0.2, 0.25) is 5.91 Å². The highest BCUT2D eigenvalue weighted by Gasteiger charge is 2.34. The van der Waals surface area contributed by atoms with Crippen LogP contribution in [0.3, 0.4) is 0 Å². The predicted molar refractivity (Wildman–Crippen MR) is 125 cm³/mol. The molecule has 0 fully saturated rings. The third-order valence-corrected chi connectivity index (χ3v) is 5.52. The Labute approximate surface area is 192 Å². The molecule has 0 saturated heterocycles. The number of benzene rings is 1. The summed E-state index contributed by atoms with van der Waals surface area (Å²) in [6.45, 7) is 7.74. The zero-order valence-corrected chi connectivity index (χ0v) is 19.9. The number of aromatic nitrogens is 1. The number of carbonyl (C=O) groups excluding carboxylic acids is 3. The molecule has 0 bridgehead atoms. The Morgan fingerprint density at radius 2 is 1.84 bits per heavy atom. The number of anilines is 1. The van der Waals surface area contributed by atoms with E-state index in [0.717, 1.165) is 17.1 Å². The quantitative estimate of drug-likeness (QED) is 0.524. The molecular formula is C22H31N5O4S. The van der Waals surface area contributed by atoms with Gasteiger partial charge in [0.15, 0.2) is 5.69 Å². The van der Waals surface area contributed by atoms with E-state index in [2.05, 4.69) is 9.69 Å². The van der Waals surface area contributed by atoms with E-state index in [1.165, 1.54) is 4.90 Å². The maximum atomic E-state index is 13.6. The minimum absolute atomic E-state index is 0.0706. The molecule has 0 radical (unpaired) electrons. The van der Waals surface area contributed by atoms with Crippen LogP contribution in [-0.4, -0.2) is 45.7 Å². The van der Waals surface area contributed by atoms with E-state index in [0.29, 0.717) is 18.6 Å². The van der Waals surface area contributed by atoms with Crippen LogP contribution in [0.1, 0.15) is 66.3 Å². The van der Waals surface area contributed by atoms with Gasteiger partial charge >= 0.3 is 0 Å². The van der Waals surface area contributed by atoms with Crippen molar-refractivity contribution in [2.24, 2.45) is 5.73 Å². The average Bonchev–Trinajstić information content (AvgIpc) is 3.10. The summed E-state index contributed by atoms with van der Waals surface area (Å²) < 4.78 is 9.13. The molecule has 2 rings (SSSR count). The van der Waals surface area contributed by atoms with Gasteiger partial charge in [0.25, 0.3) is 11.8 Å². The Balaban J connectivity index is 2.49. The molecule has 1 aromatic heterocycles. The molecule has 9 nitrogen and oxygen atoms in total. The molecule has 0 aliphatic heterocycles. The lowest BCUT2D eigenvalue weighted by Gasteiger charge is -2.33. The van der Waals surface area contributed by atoms with Crippen molar-refractivity contribution in [3.8, 4) is 5.75 Å². The second-order valence-electron chi connectivity index (χ2n) is 8.46. The first-order chi connectivity index (χ1) is 15.0. The van der Waals surface area contributed by atoms with Gasteiger partial charge in [-0.25, -0.2) is 0 Å². The van der Waals surface area contributed by atoms with Crippen LogP contribution in [0.4, 0.5) is 5.69 Å². The highest BCUT2D eigenvalue weighted by molar-refractivity contribution is 7.09. The molecule has 0 spiro atoms. The molecule has 0 saturated carbocycles. The Bertz CT molecular complexity index is 966. The van der Waals surface area contributed by atoms with Gasteiger partial charge in [0.05, 0.1) is 12.8 Å². The number of hydrogen-bond acceptors (Lipinski definition) is 7. The molecule has 1 aromatic carbocycles. The third-order valence-electron chi connectivity index (χ3n) is 4.67. The highest BCUT2D eigenvalue weighted by Crippen LogP contribution is 2.26. The van der Waals surface area contributed by atoms with Crippen LogP contribution in [0.25, 0.3) is 0 Å². The van der Waals surface area contributed by atoms with Crippen molar-refractivity contribution < 1.29 is 19.1 Å². The van der Waals surface area contributed by atoms with Gasteiger partial charge < -0.3 is 26.4 Å². The number of hydrogen-bond donors (Lipinski definition) is 3. The predicted octanol–water partition coefficient (Wildman–Crippen LogP) is 2.56. The van der Waals surface area contributed by atoms with Crippen molar-refractivity contribution >= 4 is 34.9 Å². The van der Waals surface area contributed by atoms with E-state index in [-0.39, 0.29) is 28.7 Å². The molecule has 1 atom stereocenters. The summed E-state index contributed by atoms with van der Waals surface area (Å²) in [7, 11) is 1.57. The fourth-order valence-corrected chi connectivity index (χ4v) is 3.93. The van der Waals surface area contributed by atoms with E-state index >= 15 is 0 Å². The number of nitrogens with zero attached hydrogens (tertiary/aromatic N) is 2. The second-order valence-corrected chi connectivity index (χ2v) is 9.24. The SMILES string of the molecule is CCC[C@H](C(=O)NC(C)(C)C)N(Cc1ccc(OC)cc1)C(=O)c1snc(C(N)=O)c1N. The first kappa shape index (κ1) is 25.1. The van der Waals surface area contributed by atoms with Gasteiger partial charge in [-0.2, -0.15) is 4.37 Å². The number of methoxy groups -OCH3 is 1. The summed E-state index contributed by atoms with van der Waals surface area (Å²) in [4.78, 5) is 39.9. The second kappa shape index (κ2) is 10.4. The van der Waals surface area contributed by atoms with Crippen LogP contribution < -0.4 is 21.5 Å². The van der Waals surface area contributed by atoms with Crippen LogP contribution in [0.5, 0.6) is 5.75 Å². The molecule has 5 N–H and O–H groups in total. The monoisotopic (exact) mass is 461 g/mol. The fraction of sp³-hybridized carbons (Fsp3) is 0.455. The van der Waals surface area contributed by atoms with Crippen molar-refractivity contribution in [2.75, 3.05) is 12.8 Å². The van der Waals surface area contributed by atoms with Crippen molar-refractivity contribution in [1.29, 1.82) is 0 Å². The van der Waals surface area contributed by atoms with Gasteiger partial charge in [0.1, 0.15) is 16.7 Å². The van der Waals surface area contributed by atoms with Crippen molar-refractivity contribution in [1.82, 2.24) is 14.6 Å². The average molecular weight is 462 g/mol. The Morgan fingerprint density at radius 1 is 1.22 bits per heavy atom. The Hall–Kier alpha value is -3.14. The van der Waals surface area contributed by atoms with Gasteiger partial charge in [-0.05, 0) is 56.4 Å². The van der Waals surface area contributed by atoms with E-state index in [4.69, 9.17) is 16.2 Å². The van der Waals surface area contributed by atoms with E-state index < -0.39 is 23.4 Å². The van der Waals surface area contributed by atoms with Crippen LogP contribution in [0.2, 0.25) is 0 Å². The maximum Gasteiger partial charge on any atom is 0.270 e. The first-order valence-corrected chi connectivity index (χ1v) is 11.1. The minimum Gasteiger partial charge on any atom is -0.497 e. The molecule has 2 aromatic rings. The number of amides is 3.